The Labute approximate surface area is 170 Å². The molecule has 7 heteroatoms. The number of aliphatic imine (C=N–C) groups is 1. The molecule has 2 rings (SSSR count). The Morgan fingerprint density at radius 3 is 2.46 bits per heavy atom. The maximum absolute atomic E-state index is 12.5. The second kappa shape index (κ2) is 10.6. The van der Waals surface area contributed by atoms with Crippen LogP contribution in [0.1, 0.15) is 51.5 Å². The van der Waals surface area contributed by atoms with Crippen molar-refractivity contribution in [2.75, 3.05) is 20.6 Å². The van der Waals surface area contributed by atoms with Crippen LogP contribution in [-0.4, -0.2) is 45.4 Å². The Bertz CT molecular complexity index is 783. The van der Waals surface area contributed by atoms with Gasteiger partial charge >= 0.3 is 0 Å². The third kappa shape index (κ3) is 6.34. The highest BCUT2D eigenvalue weighted by molar-refractivity contribution is 7.89. The summed E-state index contributed by atoms with van der Waals surface area (Å²) in [6, 6.07) is 6.93. The van der Waals surface area contributed by atoms with Crippen LogP contribution in [0.2, 0.25) is 0 Å². The number of guanidine groups is 1. The van der Waals surface area contributed by atoms with Crippen LogP contribution in [0.15, 0.2) is 45.8 Å². The second-order valence-corrected chi connectivity index (χ2v) is 9.47. The highest BCUT2D eigenvalue weighted by Gasteiger charge is 2.22. The average Bonchev–Trinajstić information content (AvgIpc) is 2.71. The lowest BCUT2D eigenvalue weighted by molar-refractivity contribution is 0.410. The number of nitrogens with one attached hydrogen (secondary N) is 2. The quantitative estimate of drug-likeness (QED) is 0.395. The molecule has 1 aliphatic carbocycles. The van der Waals surface area contributed by atoms with Crippen molar-refractivity contribution in [1.29, 1.82) is 0 Å². The van der Waals surface area contributed by atoms with Crippen LogP contribution < -0.4 is 10.6 Å². The summed E-state index contributed by atoms with van der Waals surface area (Å²) in [5.74, 6) is 0.757. The molecule has 1 aromatic carbocycles. The van der Waals surface area contributed by atoms with Gasteiger partial charge in [0.15, 0.2) is 5.96 Å². The van der Waals surface area contributed by atoms with Crippen molar-refractivity contribution in [2.45, 2.75) is 63.4 Å². The van der Waals surface area contributed by atoms with Gasteiger partial charge in [0.1, 0.15) is 0 Å². The minimum absolute atomic E-state index is 0.0786. The van der Waals surface area contributed by atoms with Gasteiger partial charge in [0.25, 0.3) is 0 Å². The number of hydrogen-bond donors (Lipinski definition) is 2. The van der Waals surface area contributed by atoms with Crippen molar-refractivity contribution in [2.24, 2.45) is 4.99 Å². The lowest BCUT2D eigenvalue weighted by atomic mass is 9.97. The molecule has 0 radical (unpaired) electrons. The van der Waals surface area contributed by atoms with Crippen LogP contribution >= 0.6 is 0 Å². The molecule has 1 aliphatic rings. The van der Waals surface area contributed by atoms with E-state index in [9.17, 15) is 8.42 Å². The van der Waals surface area contributed by atoms with E-state index in [2.05, 4.69) is 21.7 Å². The summed E-state index contributed by atoms with van der Waals surface area (Å²) in [4.78, 5) is 4.57. The lowest BCUT2D eigenvalue weighted by Crippen LogP contribution is -2.37. The van der Waals surface area contributed by atoms with Crippen molar-refractivity contribution < 1.29 is 8.42 Å². The van der Waals surface area contributed by atoms with Gasteiger partial charge in [-0.15, -0.1) is 0 Å². The molecule has 1 aromatic rings. The van der Waals surface area contributed by atoms with Crippen LogP contribution in [0.4, 0.5) is 0 Å². The Morgan fingerprint density at radius 1 is 1.18 bits per heavy atom. The van der Waals surface area contributed by atoms with Gasteiger partial charge in [-0.1, -0.05) is 23.8 Å². The van der Waals surface area contributed by atoms with Gasteiger partial charge in [-0.2, -0.15) is 4.31 Å². The molecule has 2 N–H and O–H groups in total. The molecule has 0 atom stereocenters. The molecular formula is C21H34N4O2S. The summed E-state index contributed by atoms with van der Waals surface area (Å²) in [6.45, 7) is 5.17. The highest BCUT2D eigenvalue weighted by Crippen LogP contribution is 2.19. The standard InChI is InChI=1S/C21H34N4O2S/c1-17(2)25(4)28(26,27)20-12-10-19(11-13-20)16-24-21(22-3)23-15-14-18-8-6-5-7-9-18/h8,10-13,17H,5-7,9,14-16H2,1-4H3,(H2,22,23,24). The van der Waals surface area contributed by atoms with E-state index in [4.69, 9.17) is 0 Å². The molecule has 0 bridgehead atoms. The number of allylic oxidation sites excluding steroid dienone is 1. The van der Waals surface area contributed by atoms with Gasteiger partial charge < -0.3 is 10.6 Å². The zero-order chi connectivity index (χ0) is 20.6. The van der Waals surface area contributed by atoms with Crippen LogP contribution in [0.25, 0.3) is 0 Å². The van der Waals surface area contributed by atoms with Crippen LogP contribution in [0, 0.1) is 0 Å². The molecule has 0 heterocycles. The number of rotatable bonds is 8. The van der Waals surface area contributed by atoms with E-state index in [0.717, 1.165) is 24.5 Å². The maximum Gasteiger partial charge on any atom is 0.243 e. The van der Waals surface area contributed by atoms with E-state index < -0.39 is 10.0 Å². The van der Waals surface area contributed by atoms with E-state index >= 15 is 0 Å². The predicted octanol–water partition coefficient (Wildman–Crippen LogP) is 3.27. The zero-order valence-electron chi connectivity index (χ0n) is 17.5. The van der Waals surface area contributed by atoms with Gasteiger partial charge in [0.05, 0.1) is 4.90 Å². The van der Waals surface area contributed by atoms with Crippen molar-refractivity contribution in [3.63, 3.8) is 0 Å². The first kappa shape index (κ1) is 22.4. The van der Waals surface area contributed by atoms with Crippen LogP contribution in [-0.2, 0) is 16.6 Å². The first-order valence-corrected chi connectivity index (χ1v) is 11.5. The first-order chi connectivity index (χ1) is 13.3. The molecule has 0 saturated heterocycles. The topological polar surface area (TPSA) is 73.8 Å². The summed E-state index contributed by atoms with van der Waals surface area (Å²) in [5.41, 5.74) is 2.54. The van der Waals surface area contributed by atoms with E-state index in [0.29, 0.717) is 11.4 Å². The van der Waals surface area contributed by atoms with Gasteiger partial charge in [0, 0.05) is 33.2 Å². The molecule has 0 spiro atoms. The number of hydrogen-bond acceptors (Lipinski definition) is 3. The van der Waals surface area contributed by atoms with E-state index in [-0.39, 0.29) is 6.04 Å². The Hall–Kier alpha value is -1.86. The van der Waals surface area contributed by atoms with Crippen molar-refractivity contribution in [3.05, 3.63) is 41.5 Å². The number of nitrogens with zero attached hydrogens (tertiary/aromatic N) is 2. The smallest absolute Gasteiger partial charge is 0.243 e. The average molecular weight is 407 g/mol. The highest BCUT2D eigenvalue weighted by atomic mass is 32.2. The molecule has 6 nitrogen and oxygen atoms in total. The summed E-state index contributed by atoms with van der Waals surface area (Å²) < 4.78 is 26.4. The molecule has 156 valence electrons. The third-order valence-corrected chi connectivity index (χ3v) is 7.18. The van der Waals surface area contributed by atoms with Gasteiger partial charge in [-0.25, -0.2) is 8.42 Å². The molecular weight excluding hydrogens is 372 g/mol. The molecule has 0 amide bonds. The molecule has 0 fully saturated rings. The van der Waals surface area contributed by atoms with Crippen LogP contribution in [0.3, 0.4) is 0 Å². The van der Waals surface area contributed by atoms with Crippen molar-refractivity contribution in [1.82, 2.24) is 14.9 Å². The van der Waals surface area contributed by atoms with Crippen molar-refractivity contribution >= 4 is 16.0 Å². The summed E-state index contributed by atoms with van der Waals surface area (Å²) >= 11 is 0. The molecule has 0 saturated carbocycles. The van der Waals surface area contributed by atoms with Gasteiger partial charge in [-0.3, -0.25) is 4.99 Å². The Balaban J connectivity index is 1.85. The fourth-order valence-electron chi connectivity index (χ4n) is 3.10. The second-order valence-electron chi connectivity index (χ2n) is 7.47. The molecule has 28 heavy (non-hydrogen) atoms. The fourth-order valence-corrected chi connectivity index (χ4v) is 4.47. The van der Waals surface area contributed by atoms with E-state index in [1.165, 1.54) is 35.6 Å². The van der Waals surface area contributed by atoms with Crippen molar-refractivity contribution in [3.8, 4) is 0 Å². The van der Waals surface area contributed by atoms with Gasteiger partial charge in [-0.05, 0) is 63.6 Å². The monoisotopic (exact) mass is 406 g/mol. The zero-order valence-corrected chi connectivity index (χ0v) is 18.3. The minimum atomic E-state index is -3.44. The van der Waals surface area contributed by atoms with E-state index in [1.54, 1.807) is 26.2 Å². The Kier molecular flexibility index (Phi) is 8.51. The van der Waals surface area contributed by atoms with Crippen LogP contribution in [0.5, 0.6) is 0 Å². The number of sulfonamides is 1. The minimum Gasteiger partial charge on any atom is -0.356 e. The SMILES string of the molecule is CN=C(NCCC1=CCCCC1)NCc1ccc(S(=O)(=O)N(C)C(C)C)cc1. The summed E-state index contributed by atoms with van der Waals surface area (Å²) in [7, 11) is -0.0800. The van der Waals surface area contributed by atoms with E-state index in [1.807, 2.05) is 26.0 Å². The summed E-state index contributed by atoms with van der Waals surface area (Å²) in [5, 5.41) is 6.63. The summed E-state index contributed by atoms with van der Waals surface area (Å²) in [6.07, 6.45) is 8.46. The fraction of sp³-hybridized carbons (Fsp3) is 0.571. The predicted molar refractivity (Wildman–Crippen MR) is 116 cm³/mol. The lowest BCUT2D eigenvalue weighted by Gasteiger charge is -2.21. The Morgan fingerprint density at radius 2 is 1.89 bits per heavy atom. The normalized spacial score (nSPS) is 15.6. The molecule has 0 unspecified atom stereocenters. The van der Waals surface area contributed by atoms with Gasteiger partial charge in [0.2, 0.25) is 10.0 Å². The molecule has 0 aromatic heterocycles. The first-order valence-electron chi connectivity index (χ1n) is 10.0. The maximum atomic E-state index is 12.5. The molecule has 0 aliphatic heterocycles. The third-order valence-electron chi connectivity index (χ3n) is 5.13. The number of benzene rings is 1. The largest absolute Gasteiger partial charge is 0.356 e.